The number of nitrogens with two attached hydrogens (primary N) is 1. The Bertz CT molecular complexity index is 406. The van der Waals surface area contributed by atoms with Gasteiger partial charge in [0.1, 0.15) is 4.99 Å². The smallest absolute Gasteiger partial charge is 0.239 e. The van der Waals surface area contributed by atoms with Crippen LogP contribution in [0.1, 0.15) is 5.56 Å². The van der Waals surface area contributed by atoms with E-state index >= 15 is 0 Å². The number of benzene rings is 1. The lowest BCUT2D eigenvalue weighted by atomic mass is 10.2. The van der Waals surface area contributed by atoms with Gasteiger partial charge in [0.15, 0.2) is 0 Å². The van der Waals surface area contributed by atoms with E-state index in [1.54, 1.807) is 7.05 Å². The van der Waals surface area contributed by atoms with Crippen molar-refractivity contribution in [1.29, 1.82) is 0 Å². The van der Waals surface area contributed by atoms with Crippen LogP contribution in [0, 0.1) is 0 Å². The zero-order valence-corrected chi connectivity index (χ0v) is 10.2. The Hall–Kier alpha value is -1.62. The standard InChI is InChI=1S/C11H15N3OS/c1-13-10(15)7-14(2)9-5-3-4-8(6-9)11(12)16/h3-6H,7H2,1-2H3,(H2,12,16)(H,13,15). The van der Waals surface area contributed by atoms with Gasteiger partial charge in [-0.05, 0) is 12.1 Å². The summed E-state index contributed by atoms with van der Waals surface area (Å²) < 4.78 is 0. The molecule has 16 heavy (non-hydrogen) atoms. The Morgan fingerprint density at radius 3 is 2.81 bits per heavy atom. The first-order chi connectivity index (χ1) is 7.54. The molecule has 0 saturated carbocycles. The van der Waals surface area contributed by atoms with Crippen molar-refractivity contribution in [3.63, 3.8) is 0 Å². The lowest BCUT2D eigenvalue weighted by molar-refractivity contribution is -0.119. The number of amides is 1. The number of hydrogen-bond acceptors (Lipinski definition) is 3. The summed E-state index contributed by atoms with van der Waals surface area (Å²) in [5, 5.41) is 2.57. The predicted molar refractivity (Wildman–Crippen MR) is 69.7 cm³/mol. The second-order valence-corrected chi connectivity index (χ2v) is 3.88. The molecular weight excluding hydrogens is 222 g/mol. The average molecular weight is 237 g/mol. The van der Waals surface area contributed by atoms with E-state index < -0.39 is 0 Å². The summed E-state index contributed by atoms with van der Waals surface area (Å²) in [4.78, 5) is 13.4. The Kier molecular flexibility index (Phi) is 4.25. The lowest BCUT2D eigenvalue weighted by Crippen LogP contribution is -2.33. The molecule has 0 aromatic heterocycles. The SMILES string of the molecule is CNC(=O)CN(C)c1cccc(C(N)=S)c1. The lowest BCUT2D eigenvalue weighted by Gasteiger charge is -2.18. The van der Waals surface area contributed by atoms with Crippen molar-refractivity contribution in [3.05, 3.63) is 29.8 Å². The van der Waals surface area contributed by atoms with Crippen molar-refractivity contribution in [3.8, 4) is 0 Å². The van der Waals surface area contributed by atoms with Gasteiger partial charge in [-0.15, -0.1) is 0 Å². The molecule has 0 spiro atoms. The minimum atomic E-state index is -0.0387. The summed E-state index contributed by atoms with van der Waals surface area (Å²) in [5.74, 6) is -0.0387. The fraction of sp³-hybridized carbons (Fsp3) is 0.273. The third-order valence-corrected chi connectivity index (χ3v) is 2.47. The van der Waals surface area contributed by atoms with E-state index in [-0.39, 0.29) is 5.91 Å². The summed E-state index contributed by atoms with van der Waals surface area (Å²) in [6, 6.07) is 7.49. The molecule has 1 amide bonds. The quantitative estimate of drug-likeness (QED) is 0.749. The molecule has 86 valence electrons. The van der Waals surface area contributed by atoms with E-state index in [2.05, 4.69) is 5.32 Å². The molecule has 1 aromatic carbocycles. The van der Waals surface area contributed by atoms with Crippen LogP contribution in [0.2, 0.25) is 0 Å². The normalized spacial score (nSPS) is 9.62. The molecule has 0 bridgehead atoms. The van der Waals surface area contributed by atoms with Crippen LogP contribution >= 0.6 is 12.2 Å². The molecule has 0 unspecified atom stereocenters. The van der Waals surface area contributed by atoms with Crippen LogP contribution in [0.25, 0.3) is 0 Å². The van der Waals surface area contributed by atoms with Crippen LogP contribution in [0.5, 0.6) is 0 Å². The predicted octanol–water partition coefficient (Wildman–Crippen LogP) is 0.503. The highest BCUT2D eigenvalue weighted by Crippen LogP contribution is 2.14. The van der Waals surface area contributed by atoms with Crippen LogP contribution in [-0.4, -0.2) is 31.5 Å². The largest absolute Gasteiger partial charge is 0.389 e. The van der Waals surface area contributed by atoms with Gasteiger partial charge in [-0.1, -0.05) is 24.4 Å². The van der Waals surface area contributed by atoms with Gasteiger partial charge in [0.25, 0.3) is 0 Å². The number of hydrogen-bond donors (Lipinski definition) is 2. The molecule has 5 heteroatoms. The van der Waals surface area contributed by atoms with Crippen molar-refractivity contribution in [2.75, 3.05) is 25.5 Å². The monoisotopic (exact) mass is 237 g/mol. The van der Waals surface area contributed by atoms with Gasteiger partial charge in [-0.3, -0.25) is 4.79 Å². The van der Waals surface area contributed by atoms with Crippen molar-refractivity contribution >= 4 is 28.8 Å². The van der Waals surface area contributed by atoms with E-state index in [0.29, 0.717) is 11.5 Å². The third kappa shape index (κ3) is 3.20. The fourth-order valence-electron chi connectivity index (χ4n) is 1.28. The highest BCUT2D eigenvalue weighted by atomic mass is 32.1. The Labute approximate surface area is 100 Å². The first-order valence-corrected chi connectivity index (χ1v) is 5.27. The molecule has 4 nitrogen and oxygen atoms in total. The zero-order valence-electron chi connectivity index (χ0n) is 9.36. The second kappa shape index (κ2) is 5.46. The molecule has 0 radical (unpaired) electrons. The third-order valence-electron chi connectivity index (χ3n) is 2.23. The van der Waals surface area contributed by atoms with Crippen LogP contribution in [-0.2, 0) is 4.79 Å². The first kappa shape index (κ1) is 12.4. The molecular formula is C11H15N3OS. The number of rotatable bonds is 4. The zero-order chi connectivity index (χ0) is 12.1. The number of thiocarbonyl (C=S) groups is 1. The van der Waals surface area contributed by atoms with Crippen LogP contribution < -0.4 is 16.0 Å². The van der Waals surface area contributed by atoms with Crippen molar-refractivity contribution in [2.45, 2.75) is 0 Å². The second-order valence-electron chi connectivity index (χ2n) is 3.44. The average Bonchev–Trinajstić information content (AvgIpc) is 2.28. The van der Waals surface area contributed by atoms with Gasteiger partial charge in [-0.25, -0.2) is 0 Å². The summed E-state index contributed by atoms with van der Waals surface area (Å²) in [6.07, 6.45) is 0. The fourth-order valence-corrected chi connectivity index (χ4v) is 1.41. The summed E-state index contributed by atoms with van der Waals surface area (Å²) in [6.45, 7) is 0.303. The molecule has 0 fully saturated rings. The van der Waals surface area contributed by atoms with E-state index in [1.165, 1.54) is 0 Å². The van der Waals surface area contributed by atoms with Crippen LogP contribution in [0.15, 0.2) is 24.3 Å². The topological polar surface area (TPSA) is 58.4 Å². The minimum absolute atomic E-state index is 0.0387. The number of carbonyl (C=O) groups excluding carboxylic acids is 1. The number of carbonyl (C=O) groups is 1. The van der Waals surface area contributed by atoms with E-state index in [9.17, 15) is 4.79 Å². The molecule has 0 aliphatic heterocycles. The maximum atomic E-state index is 11.2. The van der Waals surface area contributed by atoms with E-state index in [1.807, 2.05) is 36.2 Å². The summed E-state index contributed by atoms with van der Waals surface area (Å²) in [5.41, 5.74) is 7.26. The molecule has 0 atom stereocenters. The molecule has 3 N–H and O–H groups in total. The number of likely N-dealkylation sites (N-methyl/N-ethyl adjacent to an activating group) is 2. The Morgan fingerprint density at radius 1 is 1.56 bits per heavy atom. The molecule has 0 saturated heterocycles. The van der Waals surface area contributed by atoms with Crippen molar-refractivity contribution < 1.29 is 4.79 Å². The number of nitrogens with zero attached hydrogens (tertiary/aromatic N) is 1. The molecule has 1 aromatic rings. The Morgan fingerprint density at radius 2 is 2.25 bits per heavy atom. The number of anilines is 1. The van der Waals surface area contributed by atoms with Gasteiger partial charge in [0.05, 0.1) is 6.54 Å². The van der Waals surface area contributed by atoms with Gasteiger partial charge < -0.3 is 16.0 Å². The highest BCUT2D eigenvalue weighted by Gasteiger charge is 2.06. The van der Waals surface area contributed by atoms with Gasteiger partial charge in [0.2, 0.25) is 5.91 Å². The van der Waals surface area contributed by atoms with Crippen LogP contribution in [0.3, 0.4) is 0 Å². The molecule has 0 aliphatic carbocycles. The summed E-state index contributed by atoms with van der Waals surface area (Å²) in [7, 11) is 3.45. The molecule has 1 rings (SSSR count). The van der Waals surface area contributed by atoms with Crippen molar-refractivity contribution in [2.24, 2.45) is 5.73 Å². The Balaban J connectivity index is 2.83. The van der Waals surface area contributed by atoms with E-state index in [0.717, 1.165) is 11.3 Å². The van der Waals surface area contributed by atoms with Gasteiger partial charge >= 0.3 is 0 Å². The number of nitrogens with one attached hydrogen (secondary N) is 1. The molecule has 0 heterocycles. The minimum Gasteiger partial charge on any atom is -0.389 e. The van der Waals surface area contributed by atoms with Crippen LogP contribution in [0.4, 0.5) is 5.69 Å². The van der Waals surface area contributed by atoms with Gasteiger partial charge in [0, 0.05) is 25.3 Å². The molecule has 0 aliphatic rings. The van der Waals surface area contributed by atoms with E-state index in [4.69, 9.17) is 18.0 Å². The maximum Gasteiger partial charge on any atom is 0.239 e. The summed E-state index contributed by atoms with van der Waals surface area (Å²) >= 11 is 4.90. The van der Waals surface area contributed by atoms with Gasteiger partial charge in [-0.2, -0.15) is 0 Å². The van der Waals surface area contributed by atoms with Crippen molar-refractivity contribution in [1.82, 2.24) is 5.32 Å². The first-order valence-electron chi connectivity index (χ1n) is 4.86. The highest BCUT2D eigenvalue weighted by molar-refractivity contribution is 7.80. The maximum absolute atomic E-state index is 11.2.